The Morgan fingerprint density at radius 2 is 1.47 bits per heavy atom. The van der Waals surface area contributed by atoms with Crippen LogP contribution in [0, 0.1) is 5.92 Å². The van der Waals surface area contributed by atoms with E-state index >= 15 is 0 Å². The number of anilines is 1. The first-order valence-corrected chi connectivity index (χ1v) is 15.0. The zero-order valence-electron chi connectivity index (χ0n) is 24.6. The van der Waals surface area contributed by atoms with Crippen LogP contribution in [0.15, 0.2) is 78.9 Å². The van der Waals surface area contributed by atoms with Gasteiger partial charge < -0.3 is 25.0 Å². The zero-order valence-corrected chi connectivity index (χ0v) is 24.6. The second-order valence-corrected chi connectivity index (χ2v) is 11.4. The Labute approximate surface area is 253 Å². The van der Waals surface area contributed by atoms with E-state index in [1.54, 1.807) is 12.1 Å². The van der Waals surface area contributed by atoms with E-state index in [4.69, 9.17) is 14.6 Å². The number of hydrogen-bond donors (Lipinski definition) is 3. The van der Waals surface area contributed by atoms with E-state index in [1.807, 2.05) is 36.4 Å². The Bertz CT molecular complexity index is 1330. The standard InChI is InChI=1S/C34H41N3O6/c1-24-30(22-37-19-17-36(18-20-37)21-25-5-3-2-4-6-25)42-34(43-33(24)27-9-7-26(23-38)8-10-27)28-11-13-29(14-12-28)35-31(39)15-16-32(40)41/h2-14,24,30,33-34,38H,15-23H2,1H3,(H,35,39)(H,40,41)/t24-,30+,33+,34+/m0/s1. The number of carboxylic acids is 1. The Kier molecular flexibility index (Phi) is 10.6. The molecule has 0 aliphatic carbocycles. The molecule has 9 heteroatoms. The van der Waals surface area contributed by atoms with Gasteiger partial charge in [0, 0.05) is 62.9 Å². The van der Waals surface area contributed by atoms with Crippen molar-refractivity contribution in [3.05, 3.63) is 101 Å². The van der Waals surface area contributed by atoms with Gasteiger partial charge in [0.15, 0.2) is 6.29 Å². The van der Waals surface area contributed by atoms with Crippen LogP contribution >= 0.6 is 0 Å². The van der Waals surface area contributed by atoms with Crippen molar-refractivity contribution in [3.63, 3.8) is 0 Å². The number of rotatable bonds is 11. The summed E-state index contributed by atoms with van der Waals surface area (Å²) in [6.45, 7) is 7.86. The number of carbonyl (C=O) groups is 2. The molecule has 3 aromatic rings. The van der Waals surface area contributed by atoms with Crippen LogP contribution < -0.4 is 5.32 Å². The third-order valence-electron chi connectivity index (χ3n) is 8.31. The fourth-order valence-electron chi connectivity index (χ4n) is 5.72. The lowest BCUT2D eigenvalue weighted by molar-refractivity contribution is -0.276. The van der Waals surface area contributed by atoms with E-state index in [9.17, 15) is 14.7 Å². The maximum Gasteiger partial charge on any atom is 0.303 e. The van der Waals surface area contributed by atoms with Gasteiger partial charge >= 0.3 is 5.97 Å². The van der Waals surface area contributed by atoms with Gasteiger partial charge in [0.1, 0.15) is 0 Å². The third kappa shape index (κ3) is 8.49. The van der Waals surface area contributed by atoms with Gasteiger partial charge in [-0.05, 0) is 28.8 Å². The molecule has 2 aliphatic heterocycles. The molecule has 2 heterocycles. The lowest BCUT2D eigenvalue weighted by atomic mass is 9.90. The quantitative estimate of drug-likeness (QED) is 0.299. The Morgan fingerprint density at radius 1 is 0.814 bits per heavy atom. The molecule has 4 atom stereocenters. The SMILES string of the molecule is C[C@H]1[C@@H](CN2CCN(Cc3ccccc3)CC2)O[C@@H](c2ccc(NC(=O)CCC(=O)O)cc2)O[C@H]1c1ccc(CO)cc1. The molecule has 0 radical (unpaired) electrons. The maximum atomic E-state index is 12.1. The Balaban J connectivity index is 1.26. The Hall–Kier alpha value is -3.60. The average molecular weight is 588 g/mol. The molecule has 2 aliphatic rings. The van der Waals surface area contributed by atoms with Gasteiger partial charge in [0.05, 0.1) is 25.2 Å². The number of piperazine rings is 1. The summed E-state index contributed by atoms with van der Waals surface area (Å²) in [6.07, 6.45) is -1.16. The number of nitrogens with zero attached hydrogens (tertiary/aromatic N) is 2. The number of ether oxygens (including phenoxy) is 2. The number of carbonyl (C=O) groups excluding carboxylic acids is 1. The highest BCUT2D eigenvalue weighted by molar-refractivity contribution is 5.92. The fraction of sp³-hybridized carbons (Fsp3) is 0.412. The van der Waals surface area contributed by atoms with Crippen LogP contribution in [-0.4, -0.2) is 70.7 Å². The molecule has 228 valence electrons. The van der Waals surface area contributed by atoms with Crippen molar-refractivity contribution in [2.45, 2.75) is 51.4 Å². The monoisotopic (exact) mass is 587 g/mol. The molecule has 9 nitrogen and oxygen atoms in total. The molecule has 0 spiro atoms. The molecule has 3 aromatic carbocycles. The topological polar surface area (TPSA) is 112 Å². The largest absolute Gasteiger partial charge is 0.481 e. The van der Waals surface area contributed by atoms with Crippen LogP contribution in [0.1, 0.15) is 54.4 Å². The summed E-state index contributed by atoms with van der Waals surface area (Å²) in [6, 6.07) is 25.8. The first-order valence-electron chi connectivity index (χ1n) is 15.0. The van der Waals surface area contributed by atoms with Crippen molar-refractivity contribution in [1.82, 2.24) is 9.80 Å². The summed E-state index contributed by atoms with van der Waals surface area (Å²) in [5, 5.41) is 21.1. The van der Waals surface area contributed by atoms with Gasteiger partial charge in [-0.3, -0.25) is 19.4 Å². The van der Waals surface area contributed by atoms with Crippen LogP contribution in [0.5, 0.6) is 0 Å². The van der Waals surface area contributed by atoms with Crippen molar-refractivity contribution in [2.24, 2.45) is 5.92 Å². The van der Waals surface area contributed by atoms with Gasteiger partial charge in [0.2, 0.25) is 5.91 Å². The molecule has 5 rings (SSSR count). The average Bonchev–Trinajstić information content (AvgIpc) is 3.03. The summed E-state index contributed by atoms with van der Waals surface area (Å²) < 4.78 is 13.2. The fourth-order valence-corrected chi connectivity index (χ4v) is 5.72. The highest BCUT2D eigenvalue weighted by Crippen LogP contribution is 2.42. The number of aliphatic hydroxyl groups is 1. The number of amides is 1. The van der Waals surface area contributed by atoms with Crippen LogP contribution in [0.2, 0.25) is 0 Å². The lowest BCUT2D eigenvalue weighted by Gasteiger charge is -2.44. The molecule has 3 N–H and O–H groups in total. The second kappa shape index (κ2) is 14.7. The normalized spacial score (nSPS) is 23.1. The van der Waals surface area contributed by atoms with Gasteiger partial charge in [-0.2, -0.15) is 0 Å². The molecule has 2 saturated heterocycles. The summed E-state index contributed by atoms with van der Waals surface area (Å²) in [7, 11) is 0. The summed E-state index contributed by atoms with van der Waals surface area (Å²) in [5.74, 6) is -1.26. The van der Waals surface area contributed by atoms with Crippen LogP contribution in [-0.2, 0) is 32.2 Å². The third-order valence-corrected chi connectivity index (χ3v) is 8.31. The van der Waals surface area contributed by atoms with Crippen molar-refractivity contribution in [3.8, 4) is 0 Å². The van der Waals surface area contributed by atoms with Crippen molar-refractivity contribution in [2.75, 3.05) is 38.0 Å². The number of benzene rings is 3. The maximum absolute atomic E-state index is 12.1. The summed E-state index contributed by atoms with van der Waals surface area (Å²) >= 11 is 0. The molecule has 2 fully saturated rings. The van der Waals surface area contributed by atoms with E-state index in [0.717, 1.165) is 56.0 Å². The van der Waals surface area contributed by atoms with E-state index in [2.05, 4.69) is 52.4 Å². The predicted molar refractivity (Wildman–Crippen MR) is 163 cm³/mol. The van der Waals surface area contributed by atoms with Crippen LogP contribution in [0.3, 0.4) is 0 Å². The van der Waals surface area contributed by atoms with E-state index in [-0.39, 0.29) is 43.5 Å². The molecular formula is C34H41N3O6. The highest BCUT2D eigenvalue weighted by Gasteiger charge is 2.39. The first-order chi connectivity index (χ1) is 20.9. The van der Waals surface area contributed by atoms with Gasteiger partial charge in [-0.1, -0.05) is 73.7 Å². The van der Waals surface area contributed by atoms with Crippen molar-refractivity contribution in [1.29, 1.82) is 0 Å². The minimum absolute atomic E-state index is 0.00877. The summed E-state index contributed by atoms with van der Waals surface area (Å²) in [4.78, 5) is 27.8. The van der Waals surface area contributed by atoms with Crippen LogP contribution in [0.4, 0.5) is 5.69 Å². The van der Waals surface area contributed by atoms with Crippen molar-refractivity contribution < 1.29 is 29.3 Å². The second-order valence-electron chi connectivity index (χ2n) is 11.4. The number of nitrogens with one attached hydrogen (secondary N) is 1. The highest BCUT2D eigenvalue weighted by atomic mass is 16.7. The lowest BCUT2D eigenvalue weighted by Crippen LogP contribution is -2.51. The van der Waals surface area contributed by atoms with E-state index in [1.165, 1.54) is 5.56 Å². The minimum atomic E-state index is -1.00. The van der Waals surface area contributed by atoms with Crippen LogP contribution in [0.25, 0.3) is 0 Å². The molecule has 1 amide bonds. The molecule has 0 bridgehead atoms. The molecule has 0 aromatic heterocycles. The molecule has 43 heavy (non-hydrogen) atoms. The van der Waals surface area contributed by atoms with Gasteiger partial charge in [0.25, 0.3) is 0 Å². The van der Waals surface area contributed by atoms with Crippen molar-refractivity contribution >= 4 is 17.6 Å². The minimum Gasteiger partial charge on any atom is -0.481 e. The number of aliphatic carboxylic acids is 1. The molecule has 0 unspecified atom stereocenters. The smallest absolute Gasteiger partial charge is 0.303 e. The van der Waals surface area contributed by atoms with Gasteiger partial charge in [-0.25, -0.2) is 0 Å². The summed E-state index contributed by atoms with van der Waals surface area (Å²) in [5.41, 5.74) is 4.65. The zero-order chi connectivity index (χ0) is 30.2. The predicted octanol–water partition coefficient (Wildman–Crippen LogP) is 4.59. The Morgan fingerprint density at radius 3 is 2.12 bits per heavy atom. The molecule has 0 saturated carbocycles. The van der Waals surface area contributed by atoms with E-state index < -0.39 is 12.3 Å². The number of aliphatic hydroxyl groups excluding tert-OH is 1. The van der Waals surface area contributed by atoms with Gasteiger partial charge in [-0.15, -0.1) is 0 Å². The number of hydrogen-bond acceptors (Lipinski definition) is 7. The number of carboxylic acid groups (broad SMARTS) is 1. The first kappa shape index (κ1) is 30.8. The molecular weight excluding hydrogens is 546 g/mol. The van der Waals surface area contributed by atoms with E-state index in [0.29, 0.717) is 5.69 Å².